The molecule has 80 valence electrons. The van der Waals surface area contributed by atoms with Crippen LogP contribution < -0.4 is 5.32 Å². The summed E-state index contributed by atoms with van der Waals surface area (Å²) >= 11 is 1.55. The molecule has 0 aliphatic carbocycles. The Morgan fingerprint density at radius 1 is 1.50 bits per heavy atom. The van der Waals surface area contributed by atoms with E-state index in [4.69, 9.17) is 5.11 Å². The summed E-state index contributed by atoms with van der Waals surface area (Å²) in [7, 11) is 3.18. The van der Waals surface area contributed by atoms with Gasteiger partial charge in [0.15, 0.2) is 0 Å². The van der Waals surface area contributed by atoms with Crippen LogP contribution in [-0.2, 0) is 4.79 Å². The van der Waals surface area contributed by atoms with Crippen LogP contribution in [0.25, 0.3) is 0 Å². The molecule has 0 aromatic rings. The SMILES string of the molecule is CN(C)C(=O)NC1(C(=O)O)CCSC1. The summed E-state index contributed by atoms with van der Waals surface area (Å²) < 4.78 is 0. The maximum absolute atomic E-state index is 11.4. The van der Waals surface area contributed by atoms with Crippen molar-refractivity contribution in [1.82, 2.24) is 10.2 Å². The van der Waals surface area contributed by atoms with E-state index in [1.165, 1.54) is 4.90 Å². The number of nitrogens with one attached hydrogen (secondary N) is 1. The summed E-state index contributed by atoms with van der Waals surface area (Å²) in [5, 5.41) is 11.6. The predicted octanol–water partition coefficient (Wildman–Crippen LogP) is 0.218. The zero-order valence-corrected chi connectivity index (χ0v) is 9.06. The van der Waals surface area contributed by atoms with Gasteiger partial charge in [-0.3, -0.25) is 0 Å². The number of hydrogen-bond donors (Lipinski definition) is 2. The summed E-state index contributed by atoms with van der Waals surface area (Å²) in [5.74, 6) is 0.278. The summed E-state index contributed by atoms with van der Waals surface area (Å²) in [5.41, 5.74) is -1.06. The van der Waals surface area contributed by atoms with E-state index in [2.05, 4.69) is 5.32 Å². The first-order chi connectivity index (χ1) is 6.48. The van der Waals surface area contributed by atoms with Gasteiger partial charge in [0.1, 0.15) is 5.54 Å². The fourth-order valence-corrected chi connectivity index (χ4v) is 2.53. The van der Waals surface area contributed by atoms with Crippen molar-refractivity contribution < 1.29 is 14.7 Å². The third-order valence-corrected chi connectivity index (χ3v) is 3.37. The van der Waals surface area contributed by atoms with Gasteiger partial charge in [-0.15, -0.1) is 0 Å². The molecular formula is C8H14N2O3S. The van der Waals surface area contributed by atoms with E-state index in [0.717, 1.165) is 5.75 Å². The molecule has 1 rings (SSSR count). The zero-order chi connectivity index (χ0) is 10.8. The summed E-state index contributed by atoms with van der Waals surface area (Å²) in [6.07, 6.45) is 0.493. The van der Waals surface area contributed by atoms with E-state index in [-0.39, 0.29) is 6.03 Å². The Hall–Kier alpha value is -0.910. The minimum atomic E-state index is -1.06. The number of carboxylic acids is 1. The third kappa shape index (κ3) is 2.12. The van der Waals surface area contributed by atoms with Crippen molar-refractivity contribution >= 4 is 23.8 Å². The molecule has 6 heteroatoms. The maximum Gasteiger partial charge on any atom is 0.330 e. The molecule has 1 fully saturated rings. The minimum absolute atomic E-state index is 0.352. The van der Waals surface area contributed by atoms with Crippen LogP contribution in [0.3, 0.4) is 0 Å². The number of amides is 2. The van der Waals surface area contributed by atoms with Crippen molar-refractivity contribution in [3.8, 4) is 0 Å². The molecule has 1 heterocycles. The van der Waals surface area contributed by atoms with Crippen LogP contribution in [0, 0.1) is 0 Å². The zero-order valence-electron chi connectivity index (χ0n) is 8.24. The van der Waals surface area contributed by atoms with E-state index in [1.54, 1.807) is 25.9 Å². The second-order valence-corrected chi connectivity index (χ2v) is 4.62. The molecule has 1 aliphatic rings. The van der Waals surface area contributed by atoms with Gasteiger partial charge in [0.05, 0.1) is 0 Å². The number of carbonyl (C=O) groups is 2. The molecule has 0 aromatic carbocycles. The first-order valence-corrected chi connectivity index (χ1v) is 5.44. The number of carbonyl (C=O) groups excluding carboxylic acids is 1. The van der Waals surface area contributed by atoms with E-state index in [1.807, 2.05) is 0 Å². The minimum Gasteiger partial charge on any atom is -0.479 e. The summed E-state index contributed by atoms with van der Waals surface area (Å²) in [6, 6.07) is -0.352. The van der Waals surface area contributed by atoms with Gasteiger partial charge in [-0.25, -0.2) is 9.59 Å². The fraction of sp³-hybridized carbons (Fsp3) is 0.750. The Bertz CT molecular complexity index is 249. The van der Waals surface area contributed by atoms with E-state index >= 15 is 0 Å². The topological polar surface area (TPSA) is 69.6 Å². The Balaban J connectivity index is 2.70. The van der Waals surface area contributed by atoms with Gasteiger partial charge < -0.3 is 15.3 Å². The van der Waals surface area contributed by atoms with Crippen LogP contribution in [-0.4, -0.2) is 53.1 Å². The average molecular weight is 218 g/mol. The molecule has 2 amide bonds. The van der Waals surface area contributed by atoms with Crippen molar-refractivity contribution in [2.24, 2.45) is 0 Å². The highest BCUT2D eigenvalue weighted by atomic mass is 32.2. The molecule has 5 nitrogen and oxygen atoms in total. The van der Waals surface area contributed by atoms with Crippen molar-refractivity contribution in [2.75, 3.05) is 25.6 Å². The molecule has 1 atom stereocenters. The van der Waals surface area contributed by atoms with Crippen LogP contribution in [0.5, 0.6) is 0 Å². The van der Waals surface area contributed by atoms with E-state index in [0.29, 0.717) is 12.2 Å². The number of carboxylic acid groups (broad SMARTS) is 1. The van der Waals surface area contributed by atoms with Gasteiger partial charge in [-0.2, -0.15) is 11.8 Å². The number of nitrogens with zero attached hydrogens (tertiary/aromatic N) is 1. The Morgan fingerprint density at radius 2 is 2.14 bits per heavy atom. The third-order valence-electron chi connectivity index (χ3n) is 2.18. The molecule has 2 N–H and O–H groups in total. The van der Waals surface area contributed by atoms with Crippen LogP contribution in [0.4, 0.5) is 4.79 Å². The van der Waals surface area contributed by atoms with Crippen LogP contribution >= 0.6 is 11.8 Å². The number of urea groups is 1. The highest BCUT2D eigenvalue weighted by Gasteiger charge is 2.43. The van der Waals surface area contributed by atoms with Gasteiger partial charge >= 0.3 is 12.0 Å². The second kappa shape index (κ2) is 4.08. The number of thioether (sulfide) groups is 1. The lowest BCUT2D eigenvalue weighted by atomic mass is 10.00. The van der Waals surface area contributed by atoms with Crippen LogP contribution in [0.15, 0.2) is 0 Å². The lowest BCUT2D eigenvalue weighted by Gasteiger charge is -2.26. The molecule has 0 aromatic heterocycles. The highest BCUT2D eigenvalue weighted by Crippen LogP contribution is 2.28. The van der Waals surface area contributed by atoms with Crippen molar-refractivity contribution in [3.63, 3.8) is 0 Å². The van der Waals surface area contributed by atoms with Gasteiger partial charge in [0.25, 0.3) is 0 Å². The smallest absolute Gasteiger partial charge is 0.330 e. The van der Waals surface area contributed by atoms with Gasteiger partial charge in [0, 0.05) is 19.8 Å². The van der Waals surface area contributed by atoms with E-state index in [9.17, 15) is 9.59 Å². The van der Waals surface area contributed by atoms with E-state index < -0.39 is 11.5 Å². The largest absolute Gasteiger partial charge is 0.479 e. The molecular weight excluding hydrogens is 204 g/mol. The average Bonchev–Trinajstić information content (AvgIpc) is 2.53. The standard InChI is InChI=1S/C8H14N2O3S/c1-10(2)7(13)9-8(6(11)12)3-4-14-5-8/h3-5H2,1-2H3,(H,9,13)(H,11,12). The number of hydrogen-bond acceptors (Lipinski definition) is 3. The predicted molar refractivity (Wildman–Crippen MR) is 54.5 cm³/mol. The lowest BCUT2D eigenvalue weighted by molar-refractivity contribution is -0.143. The monoisotopic (exact) mass is 218 g/mol. The number of aliphatic carboxylic acids is 1. The van der Waals surface area contributed by atoms with Crippen LogP contribution in [0.2, 0.25) is 0 Å². The van der Waals surface area contributed by atoms with Crippen molar-refractivity contribution in [2.45, 2.75) is 12.0 Å². The molecule has 0 spiro atoms. The fourth-order valence-electron chi connectivity index (χ4n) is 1.20. The Morgan fingerprint density at radius 3 is 2.50 bits per heavy atom. The second-order valence-electron chi connectivity index (χ2n) is 3.51. The molecule has 0 bridgehead atoms. The molecule has 1 aliphatic heterocycles. The Labute approximate surface area is 86.8 Å². The van der Waals surface area contributed by atoms with Crippen molar-refractivity contribution in [1.29, 1.82) is 0 Å². The molecule has 1 unspecified atom stereocenters. The van der Waals surface area contributed by atoms with Gasteiger partial charge in [-0.1, -0.05) is 0 Å². The molecule has 14 heavy (non-hydrogen) atoms. The summed E-state index contributed by atoms with van der Waals surface area (Å²) in [4.78, 5) is 23.7. The van der Waals surface area contributed by atoms with Crippen LogP contribution in [0.1, 0.15) is 6.42 Å². The van der Waals surface area contributed by atoms with Crippen molar-refractivity contribution in [3.05, 3.63) is 0 Å². The molecule has 1 saturated heterocycles. The normalized spacial score (nSPS) is 25.9. The molecule has 0 radical (unpaired) electrons. The lowest BCUT2D eigenvalue weighted by Crippen LogP contribution is -2.57. The van der Waals surface area contributed by atoms with Gasteiger partial charge in [-0.05, 0) is 12.2 Å². The van der Waals surface area contributed by atoms with Gasteiger partial charge in [0.2, 0.25) is 0 Å². The quantitative estimate of drug-likeness (QED) is 0.695. The Kier molecular flexibility index (Phi) is 3.25. The first kappa shape index (κ1) is 11.2. The number of rotatable bonds is 2. The first-order valence-electron chi connectivity index (χ1n) is 4.28. The highest BCUT2D eigenvalue weighted by molar-refractivity contribution is 7.99. The summed E-state index contributed by atoms with van der Waals surface area (Å²) in [6.45, 7) is 0. The maximum atomic E-state index is 11.4. The molecule has 0 saturated carbocycles.